The highest BCUT2D eigenvalue weighted by Gasteiger charge is 2.09. The Bertz CT molecular complexity index is 382. The highest BCUT2D eigenvalue weighted by Crippen LogP contribution is 2.17. The van der Waals surface area contributed by atoms with Gasteiger partial charge >= 0.3 is 0 Å². The zero-order chi connectivity index (χ0) is 13.7. The van der Waals surface area contributed by atoms with E-state index in [-0.39, 0.29) is 16.9 Å². The second kappa shape index (κ2) is 7.07. The van der Waals surface area contributed by atoms with Gasteiger partial charge in [-0.2, -0.15) is 0 Å². The fourth-order valence-electron chi connectivity index (χ4n) is 1.73. The number of halogens is 2. The van der Waals surface area contributed by atoms with Gasteiger partial charge in [0.25, 0.3) is 0 Å². The van der Waals surface area contributed by atoms with Crippen LogP contribution in [-0.2, 0) is 6.54 Å². The molecule has 0 saturated heterocycles. The van der Waals surface area contributed by atoms with E-state index in [0.717, 1.165) is 25.1 Å². The molecule has 1 unspecified atom stereocenters. The van der Waals surface area contributed by atoms with Gasteiger partial charge in [0.15, 0.2) is 0 Å². The topological polar surface area (TPSA) is 29.3 Å². The third-order valence-corrected chi connectivity index (χ3v) is 3.43. The molecule has 0 fully saturated rings. The summed E-state index contributed by atoms with van der Waals surface area (Å²) in [6, 6.07) is 5.07. The van der Waals surface area contributed by atoms with Gasteiger partial charge < -0.3 is 10.6 Å². The van der Waals surface area contributed by atoms with E-state index >= 15 is 0 Å². The van der Waals surface area contributed by atoms with Crippen molar-refractivity contribution in [2.75, 3.05) is 13.6 Å². The molecule has 0 aromatic heterocycles. The molecule has 102 valence electrons. The van der Waals surface area contributed by atoms with E-state index in [4.69, 9.17) is 17.3 Å². The van der Waals surface area contributed by atoms with Crippen LogP contribution in [0.3, 0.4) is 0 Å². The third kappa shape index (κ3) is 4.92. The van der Waals surface area contributed by atoms with Crippen LogP contribution in [0.1, 0.15) is 25.8 Å². The summed E-state index contributed by atoms with van der Waals surface area (Å²) in [5.74, 6) is 0.128. The molecular weight excluding hydrogens is 251 g/mol. The minimum atomic E-state index is -0.370. The molecule has 2 nitrogen and oxygen atoms in total. The van der Waals surface area contributed by atoms with Crippen molar-refractivity contribution in [2.45, 2.75) is 32.9 Å². The smallest absolute Gasteiger partial charge is 0.141 e. The standard InChI is InChI=1S/C14H22ClFN2/c1-10(2)14(17)6-7-18(3)9-11-4-5-13(16)12(15)8-11/h4-5,8,10,14H,6-7,9,17H2,1-3H3. The summed E-state index contributed by atoms with van der Waals surface area (Å²) in [4.78, 5) is 2.17. The van der Waals surface area contributed by atoms with E-state index in [9.17, 15) is 4.39 Å². The normalized spacial score (nSPS) is 13.3. The molecule has 0 spiro atoms. The Morgan fingerprint density at radius 2 is 2.06 bits per heavy atom. The van der Waals surface area contributed by atoms with Crippen LogP contribution in [0.4, 0.5) is 4.39 Å². The average molecular weight is 273 g/mol. The van der Waals surface area contributed by atoms with Crippen LogP contribution in [0.15, 0.2) is 18.2 Å². The lowest BCUT2D eigenvalue weighted by Crippen LogP contribution is -2.31. The van der Waals surface area contributed by atoms with Gasteiger partial charge in [-0.05, 0) is 43.6 Å². The molecule has 4 heteroatoms. The van der Waals surface area contributed by atoms with Gasteiger partial charge in [0.1, 0.15) is 5.82 Å². The van der Waals surface area contributed by atoms with Crippen molar-refractivity contribution in [3.63, 3.8) is 0 Å². The van der Waals surface area contributed by atoms with Crippen LogP contribution in [0.5, 0.6) is 0 Å². The first-order valence-corrected chi connectivity index (χ1v) is 6.66. The molecule has 2 N–H and O–H groups in total. The molecule has 0 aliphatic carbocycles. The number of nitrogens with two attached hydrogens (primary N) is 1. The van der Waals surface area contributed by atoms with E-state index < -0.39 is 0 Å². The fourth-order valence-corrected chi connectivity index (χ4v) is 1.93. The van der Waals surface area contributed by atoms with E-state index in [0.29, 0.717) is 5.92 Å². The maximum absolute atomic E-state index is 13.0. The molecule has 0 aliphatic rings. The van der Waals surface area contributed by atoms with E-state index in [2.05, 4.69) is 18.7 Å². The first-order chi connectivity index (χ1) is 8.40. The SMILES string of the molecule is CC(C)C(N)CCN(C)Cc1ccc(F)c(Cl)c1. The summed E-state index contributed by atoms with van der Waals surface area (Å²) in [5, 5.41) is 0.180. The quantitative estimate of drug-likeness (QED) is 0.861. The third-order valence-electron chi connectivity index (χ3n) is 3.14. The molecule has 0 bridgehead atoms. The van der Waals surface area contributed by atoms with E-state index in [1.54, 1.807) is 12.1 Å². The number of rotatable bonds is 6. The zero-order valence-electron chi connectivity index (χ0n) is 11.3. The zero-order valence-corrected chi connectivity index (χ0v) is 12.0. The number of hydrogen-bond donors (Lipinski definition) is 1. The van der Waals surface area contributed by atoms with Gasteiger partial charge in [-0.15, -0.1) is 0 Å². The molecular formula is C14H22ClFN2. The predicted octanol–water partition coefficient (Wildman–Crippen LogP) is 3.28. The van der Waals surface area contributed by atoms with Crippen molar-refractivity contribution < 1.29 is 4.39 Å². The first kappa shape index (κ1) is 15.4. The van der Waals surface area contributed by atoms with Crippen LogP contribution in [0, 0.1) is 11.7 Å². The Morgan fingerprint density at radius 1 is 1.39 bits per heavy atom. The van der Waals surface area contributed by atoms with Crippen molar-refractivity contribution in [1.29, 1.82) is 0 Å². The Kier molecular flexibility index (Phi) is 6.06. The van der Waals surface area contributed by atoms with Crippen molar-refractivity contribution in [3.05, 3.63) is 34.6 Å². The highest BCUT2D eigenvalue weighted by atomic mass is 35.5. The summed E-state index contributed by atoms with van der Waals surface area (Å²) in [6.45, 7) is 5.94. The summed E-state index contributed by atoms with van der Waals surface area (Å²) in [7, 11) is 2.03. The second-order valence-corrected chi connectivity index (χ2v) is 5.59. The molecule has 0 saturated carbocycles. The number of hydrogen-bond acceptors (Lipinski definition) is 2. The molecule has 0 amide bonds. The van der Waals surface area contributed by atoms with E-state index in [1.165, 1.54) is 6.07 Å². The Hall–Kier alpha value is -0.640. The fraction of sp³-hybridized carbons (Fsp3) is 0.571. The number of nitrogens with zero attached hydrogens (tertiary/aromatic N) is 1. The highest BCUT2D eigenvalue weighted by molar-refractivity contribution is 6.30. The Morgan fingerprint density at radius 3 is 2.61 bits per heavy atom. The van der Waals surface area contributed by atoms with Gasteiger partial charge in [0, 0.05) is 12.6 Å². The lowest BCUT2D eigenvalue weighted by molar-refractivity contribution is 0.296. The molecule has 1 atom stereocenters. The largest absolute Gasteiger partial charge is 0.327 e. The first-order valence-electron chi connectivity index (χ1n) is 6.28. The maximum atomic E-state index is 13.0. The lowest BCUT2D eigenvalue weighted by Gasteiger charge is -2.21. The van der Waals surface area contributed by atoms with E-state index in [1.807, 2.05) is 7.05 Å². The average Bonchev–Trinajstić information content (AvgIpc) is 2.30. The van der Waals surface area contributed by atoms with Crippen LogP contribution in [0.25, 0.3) is 0 Å². The van der Waals surface area contributed by atoms with Crippen molar-refractivity contribution in [3.8, 4) is 0 Å². The van der Waals surface area contributed by atoms with Gasteiger partial charge in [0.05, 0.1) is 5.02 Å². The molecule has 18 heavy (non-hydrogen) atoms. The van der Waals surface area contributed by atoms with Crippen LogP contribution >= 0.6 is 11.6 Å². The lowest BCUT2D eigenvalue weighted by atomic mass is 10.0. The number of benzene rings is 1. The monoisotopic (exact) mass is 272 g/mol. The summed E-state index contributed by atoms with van der Waals surface area (Å²) in [6.07, 6.45) is 0.961. The summed E-state index contributed by atoms with van der Waals surface area (Å²) in [5.41, 5.74) is 7.02. The Balaban J connectivity index is 2.44. The minimum absolute atomic E-state index is 0.180. The van der Waals surface area contributed by atoms with Gasteiger partial charge in [-0.25, -0.2) is 4.39 Å². The predicted molar refractivity (Wildman–Crippen MR) is 75.2 cm³/mol. The van der Waals surface area contributed by atoms with Gasteiger partial charge in [-0.1, -0.05) is 31.5 Å². The van der Waals surface area contributed by atoms with Crippen LogP contribution in [-0.4, -0.2) is 24.5 Å². The molecule has 1 rings (SSSR count). The summed E-state index contributed by atoms with van der Waals surface area (Å²) < 4.78 is 13.0. The van der Waals surface area contributed by atoms with Crippen molar-refractivity contribution >= 4 is 11.6 Å². The Labute approximate surface area is 114 Å². The van der Waals surface area contributed by atoms with Crippen LogP contribution in [0.2, 0.25) is 5.02 Å². The molecule has 0 radical (unpaired) electrons. The molecule has 1 aromatic rings. The molecule has 1 aromatic carbocycles. The van der Waals surface area contributed by atoms with Crippen molar-refractivity contribution in [1.82, 2.24) is 4.90 Å². The maximum Gasteiger partial charge on any atom is 0.141 e. The molecule has 0 heterocycles. The minimum Gasteiger partial charge on any atom is -0.327 e. The van der Waals surface area contributed by atoms with Crippen molar-refractivity contribution in [2.24, 2.45) is 11.7 Å². The van der Waals surface area contributed by atoms with Crippen LogP contribution < -0.4 is 5.73 Å². The van der Waals surface area contributed by atoms with Gasteiger partial charge in [0.2, 0.25) is 0 Å². The summed E-state index contributed by atoms with van der Waals surface area (Å²) >= 11 is 5.75. The molecule has 0 aliphatic heterocycles. The second-order valence-electron chi connectivity index (χ2n) is 5.18. The van der Waals surface area contributed by atoms with Gasteiger partial charge in [-0.3, -0.25) is 0 Å².